The van der Waals surface area contributed by atoms with Crippen molar-refractivity contribution in [2.45, 2.75) is 45.8 Å². The van der Waals surface area contributed by atoms with Crippen molar-refractivity contribution in [2.24, 2.45) is 7.05 Å². The predicted molar refractivity (Wildman–Crippen MR) is 79.0 cm³/mol. The van der Waals surface area contributed by atoms with Crippen LogP contribution in [-0.2, 0) is 16.4 Å². The van der Waals surface area contributed by atoms with Gasteiger partial charge in [-0.2, -0.15) is 5.10 Å². The smallest absolute Gasteiger partial charge is 0.399 e. The van der Waals surface area contributed by atoms with Crippen LogP contribution in [0.25, 0.3) is 11.0 Å². The fourth-order valence-corrected chi connectivity index (χ4v) is 2.57. The third kappa shape index (κ3) is 1.78. The van der Waals surface area contributed by atoms with Crippen molar-refractivity contribution in [1.29, 1.82) is 0 Å². The highest BCUT2D eigenvalue weighted by atomic mass is 16.7. The zero-order valence-corrected chi connectivity index (χ0v) is 12.9. The van der Waals surface area contributed by atoms with E-state index in [1.165, 1.54) is 0 Å². The van der Waals surface area contributed by atoms with E-state index in [9.17, 15) is 0 Å². The normalized spacial score (nSPS) is 20.8. The van der Waals surface area contributed by atoms with Crippen LogP contribution in [-0.4, -0.2) is 33.1 Å². The van der Waals surface area contributed by atoms with Gasteiger partial charge in [0.25, 0.3) is 0 Å². The Bertz CT molecular complexity index is 662. The molecule has 0 aromatic carbocycles. The van der Waals surface area contributed by atoms with E-state index in [0.717, 1.165) is 22.2 Å². The number of nitrogens with zero attached hydrogens (tertiary/aromatic N) is 3. The van der Waals surface area contributed by atoms with Gasteiger partial charge >= 0.3 is 7.12 Å². The summed E-state index contributed by atoms with van der Waals surface area (Å²) in [5, 5.41) is 5.46. The third-order valence-electron chi connectivity index (χ3n) is 4.44. The molecule has 3 rings (SSSR count). The summed E-state index contributed by atoms with van der Waals surface area (Å²) in [6.07, 6.45) is 1.78. The van der Waals surface area contributed by atoms with E-state index in [-0.39, 0.29) is 18.3 Å². The van der Waals surface area contributed by atoms with E-state index < -0.39 is 0 Å². The Labute approximate surface area is 119 Å². The molecule has 1 fully saturated rings. The van der Waals surface area contributed by atoms with Gasteiger partial charge in [-0.3, -0.25) is 4.68 Å². The van der Waals surface area contributed by atoms with E-state index in [4.69, 9.17) is 9.31 Å². The van der Waals surface area contributed by atoms with Gasteiger partial charge in [-0.05, 0) is 46.1 Å². The van der Waals surface area contributed by atoms with Crippen LogP contribution in [0.2, 0.25) is 0 Å². The van der Waals surface area contributed by atoms with Gasteiger partial charge < -0.3 is 9.31 Å². The van der Waals surface area contributed by atoms with Gasteiger partial charge in [0.2, 0.25) is 0 Å². The number of aryl methyl sites for hydroxylation is 2. The molecule has 5 nitrogen and oxygen atoms in total. The summed E-state index contributed by atoms with van der Waals surface area (Å²) in [6.45, 7) is 10.2. The van der Waals surface area contributed by atoms with Crippen molar-refractivity contribution in [1.82, 2.24) is 14.8 Å². The maximum Gasteiger partial charge on any atom is 0.495 e. The minimum absolute atomic E-state index is 0.344. The van der Waals surface area contributed by atoms with Gasteiger partial charge in [-0.25, -0.2) is 4.98 Å². The van der Waals surface area contributed by atoms with Crippen molar-refractivity contribution >= 4 is 23.6 Å². The summed E-state index contributed by atoms with van der Waals surface area (Å²) in [5.74, 6) is 0. The Morgan fingerprint density at radius 1 is 1.15 bits per heavy atom. The summed E-state index contributed by atoms with van der Waals surface area (Å²) < 4.78 is 14.1. The molecule has 0 unspecified atom stereocenters. The van der Waals surface area contributed by atoms with Gasteiger partial charge in [0, 0.05) is 18.6 Å². The lowest BCUT2D eigenvalue weighted by Gasteiger charge is -2.32. The molecule has 3 heterocycles. The summed E-state index contributed by atoms with van der Waals surface area (Å²) in [5.41, 5.74) is 2.11. The van der Waals surface area contributed by atoms with Crippen LogP contribution in [0.15, 0.2) is 12.3 Å². The molecule has 106 valence electrons. The van der Waals surface area contributed by atoms with Crippen LogP contribution >= 0.6 is 0 Å². The molecule has 1 saturated heterocycles. The maximum atomic E-state index is 6.14. The molecule has 0 N–H and O–H groups in total. The zero-order chi connectivity index (χ0) is 14.7. The lowest BCUT2D eigenvalue weighted by Crippen LogP contribution is -2.41. The number of hydrogen-bond acceptors (Lipinski definition) is 4. The fraction of sp³-hybridized carbons (Fsp3) is 0.571. The van der Waals surface area contributed by atoms with Crippen LogP contribution in [0.1, 0.15) is 33.4 Å². The highest BCUT2D eigenvalue weighted by Gasteiger charge is 2.52. The predicted octanol–water partition coefficient (Wildman–Crippen LogP) is 1.58. The first kappa shape index (κ1) is 13.6. The molecule has 2 aromatic heterocycles. The summed E-state index contributed by atoms with van der Waals surface area (Å²) in [6, 6.07) is 1.96. The van der Waals surface area contributed by atoms with Crippen molar-refractivity contribution in [3.63, 3.8) is 0 Å². The van der Waals surface area contributed by atoms with Crippen LogP contribution < -0.4 is 5.46 Å². The van der Waals surface area contributed by atoms with E-state index in [0.29, 0.717) is 0 Å². The molecule has 0 saturated carbocycles. The van der Waals surface area contributed by atoms with E-state index in [1.54, 1.807) is 10.9 Å². The second-order valence-corrected chi connectivity index (χ2v) is 6.40. The molecule has 0 radical (unpaired) electrons. The fourth-order valence-electron chi connectivity index (χ4n) is 2.57. The molecule has 20 heavy (non-hydrogen) atoms. The van der Waals surface area contributed by atoms with Gasteiger partial charge in [0.05, 0.1) is 16.9 Å². The molecule has 2 aromatic rings. The van der Waals surface area contributed by atoms with Crippen LogP contribution in [0.3, 0.4) is 0 Å². The first-order valence-corrected chi connectivity index (χ1v) is 6.87. The minimum atomic E-state index is -0.381. The van der Waals surface area contributed by atoms with Crippen molar-refractivity contribution in [3.8, 4) is 0 Å². The second kappa shape index (κ2) is 4.05. The Morgan fingerprint density at radius 3 is 2.35 bits per heavy atom. The molecule has 0 amide bonds. The third-order valence-corrected chi connectivity index (χ3v) is 4.44. The summed E-state index contributed by atoms with van der Waals surface area (Å²) in [4.78, 5) is 4.40. The van der Waals surface area contributed by atoms with Gasteiger partial charge in [0.1, 0.15) is 0 Å². The monoisotopic (exact) mass is 273 g/mol. The van der Waals surface area contributed by atoms with Gasteiger partial charge in [-0.15, -0.1) is 0 Å². The van der Waals surface area contributed by atoms with Crippen molar-refractivity contribution in [2.75, 3.05) is 0 Å². The van der Waals surface area contributed by atoms with Crippen molar-refractivity contribution in [3.05, 3.63) is 18.0 Å². The lowest BCUT2D eigenvalue weighted by molar-refractivity contribution is 0.00578. The summed E-state index contributed by atoms with van der Waals surface area (Å²) in [7, 11) is 1.52. The SMILES string of the molecule is Cc1nn(C)c2nccc(B3OC(C)(C)C(C)(C)O3)c12. The molecule has 0 atom stereocenters. The first-order chi connectivity index (χ1) is 9.23. The Kier molecular flexibility index (Phi) is 2.75. The standard InChI is InChI=1S/C14H20BN3O2/c1-9-11-10(7-8-16-12(11)18(6)17-9)15-19-13(2,3)14(4,5)20-15/h7-8H,1-6H3. The molecule has 0 spiro atoms. The topological polar surface area (TPSA) is 49.2 Å². The van der Waals surface area contributed by atoms with Crippen LogP contribution in [0.4, 0.5) is 0 Å². The van der Waals surface area contributed by atoms with Gasteiger partial charge in [-0.1, -0.05) is 0 Å². The lowest BCUT2D eigenvalue weighted by atomic mass is 9.77. The van der Waals surface area contributed by atoms with E-state index in [2.05, 4.69) is 37.8 Å². The zero-order valence-electron chi connectivity index (χ0n) is 12.9. The molecular weight excluding hydrogens is 253 g/mol. The number of fused-ring (bicyclic) bond motifs is 1. The van der Waals surface area contributed by atoms with Crippen molar-refractivity contribution < 1.29 is 9.31 Å². The molecule has 1 aliphatic rings. The first-order valence-electron chi connectivity index (χ1n) is 6.87. The van der Waals surface area contributed by atoms with Crippen LogP contribution in [0.5, 0.6) is 0 Å². The molecule has 1 aliphatic heterocycles. The number of rotatable bonds is 1. The maximum absolute atomic E-state index is 6.14. The largest absolute Gasteiger partial charge is 0.495 e. The highest BCUT2D eigenvalue weighted by Crippen LogP contribution is 2.37. The Morgan fingerprint density at radius 2 is 1.75 bits per heavy atom. The number of pyridine rings is 1. The Hall–Kier alpha value is -1.40. The minimum Gasteiger partial charge on any atom is -0.399 e. The average Bonchev–Trinajstić information content (AvgIpc) is 2.74. The van der Waals surface area contributed by atoms with Crippen LogP contribution in [0, 0.1) is 6.92 Å². The quantitative estimate of drug-likeness (QED) is 0.740. The number of hydrogen-bond donors (Lipinski definition) is 0. The number of aromatic nitrogens is 3. The Balaban J connectivity index is 2.13. The average molecular weight is 273 g/mol. The molecule has 6 heteroatoms. The molecular formula is C14H20BN3O2. The molecule has 0 bridgehead atoms. The molecule has 0 aliphatic carbocycles. The van der Waals surface area contributed by atoms with E-state index in [1.807, 2.05) is 20.0 Å². The van der Waals surface area contributed by atoms with E-state index >= 15 is 0 Å². The van der Waals surface area contributed by atoms with Gasteiger partial charge in [0.15, 0.2) is 5.65 Å². The second-order valence-electron chi connectivity index (χ2n) is 6.40. The summed E-state index contributed by atoms with van der Waals surface area (Å²) >= 11 is 0. The highest BCUT2D eigenvalue weighted by molar-refractivity contribution is 6.65.